The molecule has 0 aliphatic heterocycles. The van der Waals surface area contributed by atoms with Gasteiger partial charge in [-0.25, -0.2) is 0 Å². The summed E-state index contributed by atoms with van der Waals surface area (Å²) in [7, 11) is 0.395. The Morgan fingerprint density at radius 2 is 1.72 bits per heavy atom. The fourth-order valence-electron chi connectivity index (χ4n) is 2.51. The number of hydrogen-bond donors (Lipinski definition) is 0. The SMILES string of the molecule is CCOPCN(Sc1cc(Cl)cc(Cl)c1)c1cccc2ccccc12. The predicted molar refractivity (Wildman–Crippen MR) is 114 cm³/mol. The topological polar surface area (TPSA) is 12.5 Å². The van der Waals surface area contributed by atoms with Crippen LogP contribution in [0.2, 0.25) is 10.0 Å². The van der Waals surface area contributed by atoms with Crippen LogP contribution in [-0.2, 0) is 4.52 Å². The first-order chi connectivity index (χ1) is 12.2. The van der Waals surface area contributed by atoms with Crippen LogP contribution in [0.1, 0.15) is 6.92 Å². The van der Waals surface area contributed by atoms with Gasteiger partial charge >= 0.3 is 0 Å². The summed E-state index contributed by atoms with van der Waals surface area (Å²) in [6.45, 7) is 2.73. The summed E-state index contributed by atoms with van der Waals surface area (Å²) in [6, 6.07) is 20.4. The summed E-state index contributed by atoms with van der Waals surface area (Å²) in [6.07, 6.45) is 0.788. The van der Waals surface area contributed by atoms with Gasteiger partial charge in [-0.1, -0.05) is 59.6 Å². The van der Waals surface area contributed by atoms with Crippen LogP contribution in [0.4, 0.5) is 5.69 Å². The van der Waals surface area contributed by atoms with Crippen molar-refractivity contribution in [1.82, 2.24) is 0 Å². The Bertz CT molecular complexity index is 836. The minimum atomic E-state index is 0.395. The first-order valence-electron chi connectivity index (χ1n) is 7.91. The molecule has 25 heavy (non-hydrogen) atoms. The van der Waals surface area contributed by atoms with Crippen molar-refractivity contribution >= 4 is 60.4 Å². The third-order valence-electron chi connectivity index (χ3n) is 3.54. The lowest BCUT2D eigenvalue weighted by molar-refractivity contribution is 0.390. The molecule has 0 aliphatic carbocycles. The van der Waals surface area contributed by atoms with Gasteiger partial charge in [0.15, 0.2) is 0 Å². The molecule has 6 heteroatoms. The van der Waals surface area contributed by atoms with Gasteiger partial charge in [0.25, 0.3) is 0 Å². The molecule has 0 N–H and O–H groups in total. The minimum absolute atomic E-state index is 0.395. The number of nitrogens with zero attached hydrogens (tertiary/aromatic N) is 1. The molecule has 2 nitrogen and oxygen atoms in total. The molecule has 0 aromatic heterocycles. The molecule has 0 heterocycles. The van der Waals surface area contributed by atoms with E-state index in [4.69, 9.17) is 27.7 Å². The molecule has 0 amide bonds. The first-order valence-corrected chi connectivity index (χ1v) is 10.6. The van der Waals surface area contributed by atoms with Gasteiger partial charge in [0, 0.05) is 35.7 Å². The molecule has 0 saturated heterocycles. The highest BCUT2D eigenvalue weighted by Crippen LogP contribution is 2.38. The van der Waals surface area contributed by atoms with Crippen molar-refractivity contribution in [2.75, 3.05) is 17.2 Å². The van der Waals surface area contributed by atoms with Crippen LogP contribution in [0.3, 0.4) is 0 Å². The smallest absolute Gasteiger partial charge is 0.0714 e. The Balaban J connectivity index is 1.95. The summed E-state index contributed by atoms with van der Waals surface area (Å²) in [5.41, 5.74) is 1.16. The lowest BCUT2D eigenvalue weighted by Crippen LogP contribution is -2.13. The molecule has 0 fully saturated rings. The van der Waals surface area contributed by atoms with Crippen LogP contribution in [-0.4, -0.2) is 12.9 Å². The quantitative estimate of drug-likeness (QED) is 0.231. The number of rotatable bonds is 7. The van der Waals surface area contributed by atoms with Crippen molar-refractivity contribution in [2.45, 2.75) is 11.8 Å². The fraction of sp³-hybridized carbons (Fsp3) is 0.158. The highest BCUT2D eigenvalue weighted by Gasteiger charge is 2.13. The maximum atomic E-state index is 6.16. The number of benzene rings is 3. The summed E-state index contributed by atoms with van der Waals surface area (Å²) < 4.78 is 7.85. The second kappa shape index (κ2) is 9.12. The molecule has 130 valence electrons. The van der Waals surface area contributed by atoms with Crippen LogP contribution in [0.15, 0.2) is 65.6 Å². The number of halogens is 2. The molecule has 1 atom stereocenters. The average Bonchev–Trinajstić information content (AvgIpc) is 2.60. The summed E-state index contributed by atoms with van der Waals surface area (Å²) in [4.78, 5) is 1.01. The van der Waals surface area contributed by atoms with Crippen molar-refractivity contribution in [3.8, 4) is 0 Å². The third kappa shape index (κ3) is 5.03. The van der Waals surface area contributed by atoms with Crippen LogP contribution < -0.4 is 4.31 Å². The van der Waals surface area contributed by atoms with Crippen LogP contribution in [0.5, 0.6) is 0 Å². The summed E-state index contributed by atoms with van der Waals surface area (Å²) >= 11 is 14.0. The van der Waals surface area contributed by atoms with E-state index < -0.39 is 0 Å². The molecule has 0 bridgehead atoms. The Morgan fingerprint density at radius 3 is 2.48 bits per heavy atom. The number of fused-ring (bicyclic) bond motifs is 1. The highest BCUT2D eigenvalue weighted by atomic mass is 35.5. The Kier molecular flexibility index (Phi) is 6.86. The van der Waals surface area contributed by atoms with E-state index in [1.165, 1.54) is 10.8 Å². The van der Waals surface area contributed by atoms with Gasteiger partial charge in [0.05, 0.1) is 12.0 Å². The van der Waals surface area contributed by atoms with E-state index in [0.717, 1.165) is 23.5 Å². The fourth-order valence-corrected chi connectivity index (χ4v) is 5.03. The van der Waals surface area contributed by atoms with Crippen molar-refractivity contribution < 1.29 is 4.52 Å². The Hall–Kier alpha value is -0.960. The molecule has 0 saturated carbocycles. The van der Waals surface area contributed by atoms with E-state index in [0.29, 0.717) is 18.9 Å². The molecule has 0 radical (unpaired) electrons. The maximum Gasteiger partial charge on any atom is 0.0714 e. The van der Waals surface area contributed by atoms with Gasteiger partial charge in [-0.2, -0.15) is 0 Å². The Morgan fingerprint density at radius 1 is 1.00 bits per heavy atom. The van der Waals surface area contributed by atoms with E-state index >= 15 is 0 Å². The van der Waals surface area contributed by atoms with Crippen LogP contribution >= 0.6 is 44.0 Å². The van der Waals surface area contributed by atoms with Gasteiger partial charge < -0.3 is 8.83 Å². The third-order valence-corrected chi connectivity index (χ3v) is 6.14. The molecular formula is C19H18Cl2NOPS. The second-order valence-electron chi connectivity index (χ2n) is 5.31. The normalized spacial score (nSPS) is 11.5. The molecular weight excluding hydrogens is 392 g/mol. The first kappa shape index (κ1) is 18.8. The van der Waals surface area contributed by atoms with Gasteiger partial charge in [0.1, 0.15) is 0 Å². The maximum absolute atomic E-state index is 6.16. The molecule has 0 aliphatic rings. The molecule has 3 aromatic carbocycles. The van der Waals surface area contributed by atoms with E-state index in [-0.39, 0.29) is 0 Å². The Labute approximate surface area is 164 Å². The van der Waals surface area contributed by atoms with Crippen molar-refractivity contribution in [2.24, 2.45) is 0 Å². The van der Waals surface area contributed by atoms with Gasteiger partial charge in [-0.05, 0) is 48.5 Å². The number of anilines is 1. The van der Waals surface area contributed by atoms with Crippen LogP contribution in [0, 0.1) is 0 Å². The van der Waals surface area contributed by atoms with Gasteiger partial charge in [-0.3, -0.25) is 0 Å². The molecule has 0 spiro atoms. The van der Waals surface area contributed by atoms with Gasteiger partial charge in [-0.15, -0.1) is 0 Å². The van der Waals surface area contributed by atoms with E-state index in [1.54, 1.807) is 18.0 Å². The van der Waals surface area contributed by atoms with Crippen molar-refractivity contribution in [1.29, 1.82) is 0 Å². The van der Waals surface area contributed by atoms with Crippen molar-refractivity contribution in [3.05, 3.63) is 70.7 Å². The lowest BCUT2D eigenvalue weighted by Gasteiger charge is -2.24. The zero-order valence-corrected chi connectivity index (χ0v) is 17.0. The molecule has 1 unspecified atom stereocenters. The number of hydrogen-bond acceptors (Lipinski definition) is 3. The van der Waals surface area contributed by atoms with Crippen molar-refractivity contribution in [3.63, 3.8) is 0 Å². The monoisotopic (exact) mass is 409 g/mol. The van der Waals surface area contributed by atoms with E-state index in [2.05, 4.69) is 46.8 Å². The largest absolute Gasteiger partial charge is 0.361 e. The molecule has 3 aromatic rings. The van der Waals surface area contributed by atoms with Gasteiger partial charge in [0.2, 0.25) is 0 Å². The second-order valence-corrected chi connectivity index (χ2v) is 8.17. The zero-order valence-electron chi connectivity index (χ0n) is 13.7. The highest BCUT2D eigenvalue weighted by molar-refractivity contribution is 8.00. The average molecular weight is 410 g/mol. The predicted octanol–water partition coefficient (Wildman–Crippen LogP) is 7.25. The minimum Gasteiger partial charge on any atom is -0.361 e. The van der Waals surface area contributed by atoms with E-state index in [9.17, 15) is 0 Å². The summed E-state index contributed by atoms with van der Waals surface area (Å²) in [5, 5.41) is 3.71. The lowest BCUT2D eigenvalue weighted by atomic mass is 10.1. The standard InChI is InChI=1S/C19H18Cl2NOPS/c1-2-23-24-13-22(25-17-11-15(20)10-16(21)12-17)19-9-5-7-14-6-3-4-8-18(14)19/h3-12,24H,2,13H2,1H3. The zero-order chi connectivity index (χ0) is 17.6. The van der Waals surface area contributed by atoms with E-state index in [1.807, 2.05) is 19.1 Å². The summed E-state index contributed by atoms with van der Waals surface area (Å²) in [5.74, 6) is 0. The molecule has 3 rings (SSSR count). The van der Waals surface area contributed by atoms with Crippen LogP contribution in [0.25, 0.3) is 10.8 Å².